The first-order valence-corrected chi connectivity index (χ1v) is 7.54. The van der Waals surface area contributed by atoms with E-state index in [2.05, 4.69) is 5.32 Å². The van der Waals surface area contributed by atoms with Crippen LogP contribution < -0.4 is 5.32 Å². The van der Waals surface area contributed by atoms with Crippen LogP contribution in [0.3, 0.4) is 0 Å². The Morgan fingerprint density at radius 1 is 1.18 bits per heavy atom. The number of carbonyl (C=O) groups is 2. The summed E-state index contributed by atoms with van der Waals surface area (Å²) in [5.74, 6) is -1.04. The Morgan fingerprint density at radius 2 is 1.82 bits per heavy atom. The van der Waals surface area contributed by atoms with E-state index in [0.29, 0.717) is 6.42 Å². The third kappa shape index (κ3) is 7.67. The lowest BCUT2D eigenvalue weighted by Gasteiger charge is -2.22. The molecule has 0 radical (unpaired) electrons. The monoisotopic (exact) mass is 307 g/mol. The molecule has 0 bridgehead atoms. The maximum Gasteiger partial charge on any atom is 0.408 e. The molecule has 5 heteroatoms. The summed E-state index contributed by atoms with van der Waals surface area (Å²) in [7, 11) is 0. The lowest BCUT2D eigenvalue weighted by atomic mass is 10.0. The smallest absolute Gasteiger partial charge is 0.408 e. The molecule has 0 saturated heterocycles. The summed E-state index contributed by atoms with van der Waals surface area (Å²) >= 11 is 0. The van der Waals surface area contributed by atoms with Crippen molar-refractivity contribution in [2.24, 2.45) is 0 Å². The van der Waals surface area contributed by atoms with Crippen LogP contribution in [-0.2, 0) is 16.0 Å². The number of alkyl carbamates (subject to hydrolysis) is 1. The number of aryl methyl sites for hydroxylation is 1. The van der Waals surface area contributed by atoms with Crippen LogP contribution in [0.2, 0.25) is 0 Å². The number of carboxylic acids is 1. The number of carboxylic acid groups (broad SMARTS) is 1. The quantitative estimate of drug-likeness (QED) is 0.757. The molecule has 0 aliphatic heterocycles. The van der Waals surface area contributed by atoms with Gasteiger partial charge < -0.3 is 15.2 Å². The zero-order chi connectivity index (χ0) is 16.6. The molecule has 1 amide bonds. The van der Waals surface area contributed by atoms with Gasteiger partial charge in [0.25, 0.3) is 0 Å². The third-order valence-electron chi connectivity index (χ3n) is 3.04. The molecule has 0 saturated carbocycles. The Bertz CT molecular complexity index is 479. The zero-order valence-electron chi connectivity index (χ0n) is 13.5. The number of hydrogen-bond donors (Lipinski definition) is 2. The van der Waals surface area contributed by atoms with Crippen molar-refractivity contribution in [3.63, 3.8) is 0 Å². The number of hydrogen-bond acceptors (Lipinski definition) is 3. The fourth-order valence-corrected chi connectivity index (χ4v) is 2.03. The Kier molecular flexibility index (Phi) is 6.89. The molecule has 1 aromatic carbocycles. The van der Waals surface area contributed by atoms with Crippen LogP contribution in [0.1, 0.15) is 45.6 Å². The molecule has 0 aromatic heterocycles. The van der Waals surface area contributed by atoms with Gasteiger partial charge in [-0.15, -0.1) is 0 Å². The minimum Gasteiger partial charge on any atom is -0.480 e. The summed E-state index contributed by atoms with van der Waals surface area (Å²) in [6, 6.07) is 9.13. The number of aliphatic carboxylic acids is 1. The molecule has 1 atom stereocenters. The molecule has 0 spiro atoms. The molecule has 0 fully saturated rings. The molecule has 0 heterocycles. The van der Waals surface area contributed by atoms with Crippen molar-refractivity contribution in [2.75, 3.05) is 0 Å². The first-order valence-electron chi connectivity index (χ1n) is 7.54. The Labute approximate surface area is 131 Å². The molecule has 0 aliphatic rings. The average molecular weight is 307 g/mol. The van der Waals surface area contributed by atoms with Crippen molar-refractivity contribution in [1.82, 2.24) is 5.32 Å². The second-order valence-corrected chi connectivity index (χ2v) is 6.27. The molecule has 5 nitrogen and oxygen atoms in total. The zero-order valence-corrected chi connectivity index (χ0v) is 13.5. The normalized spacial score (nSPS) is 12.5. The molecule has 1 aromatic rings. The maximum absolute atomic E-state index is 11.6. The number of carbonyl (C=O) groups excluding carboxylic acids is 1. The molecule has 0 unspecified atom stereocenters. The van der Waals surface area contributed by atoms with Gasteiger partial charge in [-0.3, -0.25) is 0 Å². The lowest BCUT2D eigenvalue weighted by molar-refractivity contribution is -0.139. The number of amides is 1. The van der Waals surface area contributed by atoms with E-state index >= 15 is 0 Å². The van der Waals surface area contributed by atoms with Crippen LogP contribution in [0.15, 0.2) is 30.3 Å². The largest absolute Gasteiger partial charge is 0.480 e. The minimum absolute atomic E-state index is 0.390. The van der Waals surface area contributed by atoms with Crippen molar-refractivity contribution in [3.8, 4) is 0 Å². The molecular weight excluding hydrogens is 282 g/mol. The standard InChI is InChI=1S/C17H25NO4/c1-17(2,3)22-16(21)18-14(15(19)20)12-8-7-11-13-9-5-4-6-10-13/h4-6,9-10,14H,7-8,11-12H2,1-3H3,(H,18,21)(H,19,20)/t14-/m1/s1. The Balaban J connectivity index is 2.35. The fourth-order valence-electron chi connectivity index (χ4n) is 2.03. The van der Waals surface area contributed by atoms with Crippen molar-refractivity contribution < 1.29 is 19.4 Å². The summed E-state index contributed by atoms with van der Waals surface area (Å²) in [6.45, 7) is 5.21. The molecular formula is C17H25NO4. The van der Waals surface area contributed by atoms with Gasteiger partial charge in [0.05, 0.1) is 0 Å². The number of rotatable bonds is 7. The average Bonchev–Trinajstić information content (AvgIpc) is 2.41. The highest BCUT2D eigenvalue weighted by atomic mass is 16.6. The van der Waals surface area contributed by atoms with Crippen molar-refractivity contribution in [2.45, 2.75) is 58.1 Å². The van der Waals surface area contributed by atoms with E-state index in [1.807, 2.05) is 30.3 Å². The van der Waals surface area contributed by atoms with E-state index in [-0.39, 0.29) is 0 Å². The van der Waals surface area contributed by atoms with Gasteiger partial charge in [-0.05, 0) is 45.6 Å². The first kappa shape index (κ1) is 18.0. The molecule has 2 N–H and O–H groups in total. The highest BCUT2D eigenvalue weighted by molar-refractivity contribution is 5.79. The predicted molar refractivity (Wildman–Crippen MR) is 84.8 cm³/mol. The van der Waals surface area contributed by atoms with Crippen LogP contribution >= 0.6 is 0 Å². The fraction of sp³-hybridized carbons (Fsp3) is 0.529. The van der Waals surface area contributed by atoms with Gasteiger partial charge in [0.15, 0.2) is 0 Å². The SMILES string of the molecule is CC(C)(C)OC(=O)N[C@H](CCCCc1ccccc1)C(=O)O. The summed E-state index contributed by atoms with van der Waals surface area (Å²) in [4.78, 5) is 22.8. The summed E-state index contributed by atoms with van der Waals surface area (Å²) in [5, 5.41) is 11.6. The predicted octanol–water partition coefficient (Wildman–Crippen LogP) is 3.38. The Morgan fingerprint density at radius 3 is 2.36 bits per heavy atom. The van der Waals surface area contributed by atoms with E-state index in [1.54, 1.807) is 20.8 Å². The van der Waals surface area contributed by atoms with Gasteiger partial charge in [0.2, 0.25) is 0 Å². The van der Waals surface area contributed by atoms with E-state index in [4.69, 9.17) is 9.84 Å². The molecule has 22 heavy (non-hydrogen) atoms. The van der Waals surface area contributed by atoms with Gasteiger partial charge >= 0.3 is 12.1 Å². The maximum atomic E-state index is 11.6. The highest BCUT2D eigenvalue weighted by Crippen LogP contribution is 2.10. The molecule has 0 aliphatic carbocycles. The summed E-state index contributed by atoms with van der Waals surface area (Å²) < 4.78 is 5.08. The van der Waals surface area contributed by atoms with Crippen molar-refractivity contribution >= 4 is 12.1 Å². The van der Waals surface area contributed by atoms with Gasteiger partial charge in [-0.25, -0.2) is 9.59 Å². The van der Waals surface area contributed by atoms with Crippen LogP contribution in [-0.4, -0.2) is 28.8 Å². The minimum atomic E-state index is -1.04. The van der Waals surface area contributed by atoms with E-state index in [0.717, 1.165) is 19.3 Å². The van der Waals surface area contributed by atoms with Crippen LogP contribution in [0.4, 0.5) is 4.79 Å². The van der Waals surface area contributed by atoms with Crippen LogP contribution in [0, 0.1) is 0 Å². The van der Waals surface area contributed by atoms with Gasteiger partial charge in [0, 0.05) is 0 Å². The summed E-state index contributed by atoms with van der Waals surface area (Å²) in [6.07, 6.45) is 2.20. The topological polar surface area (TPSA) is 75.6 Å². The number of nitrogens with one attached hydrogen (secondary N) is 1. The second kappa shape index (κ2) is 8.41. The van der Waals surface area contributed by atoms with Crippen LogP contribution in [0.25, 0.3) is 0 Å². The van der Waals surface area contributed by atoms with Crippen molar-refractivity contribution in [3.05, 3.63) is 35.9 Å². The first-order chi connectivity index (χ1) is 10.3. The molecule has 122 valence electrons. The van der Waals surface area contributed by atoms with E-state index in [9.17, 15) is 9.59 Å². The highest BCUT2D eigenvalue weighted by Gasteiger charge is 2.23. The van der Waals surface area contributed by atoms with E-state index < -0.39 is 23.7 Å². The lowest BCUT2D eigenvalue weighted by Crippen LogP contribution is -2.43. The van der Waals surface area contributed by atoms with Crippen LogP contribution in [0.5, 0.6) is 0 Å². The number of unbranched alkanes of at least 4 members (excludes halogenated alkanes) is 1. The molecule has 1 rings (SSSR count). The van der Waals surface area contributed by atoms with Gasteiger partial charge in [0.1, 0.15) is 11.6 Å². The summed E-state index contributed by atoms with van der Waals surface area (Å²) in [5.41, 5.74) is 0.593. The third-order valence-corrected chi connectivity index (χ3v) is 3.04. The number of benzene rings is 1. The second-order valence-electron chi connectivity index (χ2n) is 6.27. The number of ether oxygens (including phenoxy) is 1. The van der Waals surface area contributed by atoms with Gasteiger partial charge in [-0.1, -0.05) is 36.8 Å². The van der Waals surface area contributed by atoms with Crippen molar-refractivity contribution in [1.29, 1.82) is 0 Å². The Hall–Kier alpha value is -2.04. The van der Waals surface area contributed by atoms with Gasteiger partial charge in [-0.2, -0.15) is 0 Å². The van der Waals surface area contributed by atoms with E-state index in [1.165, 1.54) is 5.56 Å².